The van der Waals surface area contributed by atoms with Crippen LogP contribution in [0.1, 0.15) is 46.0 Å². The number of unbranched alkanes of at least 4 members (excludes halogenated alkanes) is 1. The molecule has 0 bridgehead atoms. The van der Waals surface area contributed by atoms with Crippen LogP contribution in [0.2, 0.25) is 10.0 Å². The van der Waals surface area contributed by atoms with Crippen molar-refractivity contribution in [3.8, 4) is 11.3 Å². The molecule has 0 saturated carbocycles. The molecule has 7 nitrogen and oxygen atoms in total. The zero-order chi connectivity index (χ0) is 22.5. The van der Waals surface area contributed by atoms with Gasteiger partial charge >= 0.3 is 0 Å². The molecule has 1 aromatic heterocycles. The predicted octanol–water partition coefficient (Wildman–Crippen LogP) is 4.82. The summed E-state index contributed by atoms with van der Waals surface area (Å²) in [4.78, 5) is 25.5. The second kappa shape index (κ2) is 9.96. The van der Waals surface area contributed by atoms with Gasteiger partial charge in [0.2, 0.25) is 0 Å². The highest BCUT2D eigenvalue weighted by atomic mass is 35.5. The number of hydrazine groups is 1. The molecule has 0 atom stereocenters. The van der Waals surface area contributed by atoms with E-state index in [4.69, 9.17) is 29.0 Å². The fraction of sp³-hybridized carbons (Fsp3) is 0.227. The highest BCUT2D eigenvalue weighted by molar-refractivity contribution is 6.33. The Labute approximate surface area is 190 Å². The van der Waals surface area contributed by atoms with E-state index in [9.17, 15) is 9.59 Å². The highest BCUT2D eigenvalue weighted by Crippen LogP contribution is 2.32. The van der Waals surface area contributed by atoms with Gasteiger partial charge in [0.1, 0.15) is 0 Å². The molecule has 162 valence electrons. The van der Waals surface area contributed by atoms with Crippen molar-refractivity contribution in [3.63, 3.8) is 0 Å². The van der Waals surface area contributed by atoms with Crippen molar-refractivity contribution in [2.24, 2.45) is 5.84 Å². The van der Waals surface area contributed by atoms with Crippen LogP contribution in [0.5, 0.6) is 0 Å². The van der Waals surface area contributed by atoms with E-state index in [-0.39, 0.29) is 5.56 Å². The van der Waals surface area contributed by atoms with Gasteiger partial charge < -0.3 is 5.32 Å². The van der Waals surface area contributed by atoms with Gasteiger partial charge in [-0.3, -0.25) is 19.7 Å². The molecule has 0 spiro atoms. The first kappa shape index (κ1) is 22.8. The van der Waals surface area contributed by atoms with Gasteiger partial charge in [-0.25, -0.2) is 5.84 Å². The van der Waals surface area contributed by atoms with Crippen molar-refractivity contribution in [1.82, 2.24) is 15.2 Å². The number of rotatable bonds is 7. The maximum absolute atomic E-state index is 13.3. The number of nitrogens with two attached hydrogens (primary N) is 1. The molecule has 0 saturated heterocycles. The third kappa shape index (κ3) is 4.90. The minimum Gasteiger partial charge on any atom is -0.321 e. The van der Waals surface area contributed by atoms with Crippen LogP contribution in [0.4, 0.5) is 5.69 Å². The standard InChI is InChI=1S/C22H23Cl2N5O2/c1-3-4-9-29-20(15-7-5-6-8-18(15)24)17(12-26-29)21(30)27-19-13(2)10-14(23)11-16(19)22(31)28-25/h5-8,10-12H,3-4,9,25H2,1-2H3,(H,27,30)(H,28,31). The lowest BCUT2D eigenvalue weighted by atomic mass is 10.0. The Bertz CT molecular complexity index is 1130. The third-order valence-electron chi connectivity index (χ3n) is 4.85. The number of amides is 2. The molecule has 9 heteroatoms. The van der Waals surface area contributed by atoms with Crippen LogP contribution in [0.15, 0.2) is 42.6 Å². The Morgan fingerprint density at radius 3 is 2.55 bits per heavy atom. The minimum absolute atomic E-state index is 0.165. The van der Waals surface area contributed by atoms with E-state index in [1.165, 1.54) is 12.3 Å². The van der Waals surface area contributed by atoms with Gasteiger partial charge in [-0.15, -0.1) is 0 Å². The monoisotopic (exact) mass is 459 g/mol. The normalized spacial score (nSPS) is 10.7. The molecule has 0 unspecified atom stereocenters. The molecule has 2 amide bonds. The van der Waals surface area contributed by atoms with E-state index in [1.54, 1.807) is 23.7 Å². The Morgan fingerprint density at radius 2 is 1.87 bits per heavy atom. The van der Waals surface area contributed by atoms with Crippen molar-refractivity contribution < 1.29 is 9.59 Å². The number of nitrogens with zero attached hydrogens (tertiary/aromatic N) is 2. The lowest BCUT2D eigenvalue weighted by molar-refractivity contribution is 0.0954. The number of aromatic nitrogens is 2. The number of halogens is 2. The number of nitrogens with one attached hydrogen (secondary N) is 2. The van der Waals surface area contributed by atoms with Gasteiger partial charge in [0, 0.05) is 22.2 Å². The molecule has 2 aromatic carbocycles. The average Bonchev–Trinajstić information content (AvgIpc) is 3.17. The lowest BCUT2D eigenvalue weighted by Gasteiger charge is -2.15. The van der Waals surface area contributed by atoms with Gasteiger partial charge in [0.25, 0.3) is 11.8 Å². The van der Waals surface area contributed by atoms with E-state index in [1.807, 2.05) is 18.2 Å². The summed E-state index contributed by atoms with van der Waals surface area (Å²) in [5, 5.41) is 8.12. The van der Waals surface area contributed by atoms with Crippen LogP contribution in [0.25, 0.3) is 11.3 Å². The largest absolute Gasteiger partial charge is 0.321 e. The molecule has 0 aliphatic carbocycles. The van der Waals surface area contributed by atoms with Crippen LogP contribution < -0.4 is 16.6 Å². The van der Waals surface area contributed by atoms with Crippen molar-refractivity contribution in [1.29, 1.82) is 0 Å². The van der Waals surface area contributed by atoms with Crippen molar-refractivity contribution in [2.45, 2.75) is 33.2 Å². The molecule has 1 heterocycles. The number of carbonyl (C=O) groups is 2. The van der Waals surface area contributed by atoms with Crippen molar-refractivity contribution in [2.75, 3.05) is 5.32 Å². The number of anilines is 1. The first-order valence-corrected chi connectivity index (χ1v) is 10.6. The fourth-order valence-electron chi connectivity index (χ4n) is 3.31. The number of hydrogen-bond donors (Lipinski definition) is 3. The number of nitrogen functional groups attached to an aromatic ring is 1. The molecular weight excluding hydrogens is 437 g/mol. The van der Waals surface area contributed by atoms with Crippen molar-refractivity contribution >= 4 is 40.7 Å². The second-order valence-corrected chi connectivity index (χ2v) is 7.88. The Hall–Kier alpha value is -2.87. The first-order chi connectivity index (χ1) is 14.9. The SMILES string of the molecule is CCCCn1ncc(C(=O)Nc2c(C)cc(Cl)cc2C(=O)NN)c1-c1ccccc1Cl. The van der Waals surface area contributed by atoms with Gasteiger partial charge in [-0.2, -0.15) is 5.10 Å². The molecule has 0 fully saturated rings. The van der Waals surface area contributed by atoms with E-state index >= 15 is 0 Å². The third-order valence-corrected chi connectivity index (χ3v) is 5.40. The fourth-order valence-corrected chi connectivity index (χ4v) is 3.81. The molecule has 4 N–H and O–H groups in total. The van der Waals surface area contributed by atoms with Crippen LogP contribution in [0.3, 0.4) is 0 Å². The molecule has 3 aromatic rings. The van der Waals surface area contributed by atoms with Gasteiger partial charge in [-0.05, 0) is 37.1 Å². The quantitative estimate of drug-likeness (QED) is 0.267. The molecule has 3 rings (SSSR count). The number of benzene rings is 2. The first-order valence-electron chi connectivity index (χ1n) is 9.80. The predicted molar refractivity (Wildman–Crippen MR) is 123 cm³/mol. The lowest BCUT2D eigenvalue weighted by Crippen LogP contribution is -2.31. The number of aryl methyl sites for hydroxylation is 2. The van der Waals surface area contributed by atoms with Crippen LogP contribution in [-0.2, 0) is 6.54 Å². The zero-order valence-electron chi connectivity index (χ0n) is 17.2. The van der Waals surface area contributed by atoms with Crippen LogP contribution in [-0.4, -0.2) is 21.6 Å². The minimum atomic E-state index is -0.564. The van der Waals surface area contributed by atoms with Gasteiger partial charge in [-0.1, -0.05) is 54.7 Å². The maximum atomic E-state index is 13.3. The summed E-state index contributed by atoms with van der Waals surface area (Å²) >= 11 is 12.5. The Kier molecular flexibility index (Phi) is 7.33. The van der Waals surface area contributed by atoms with Gasteiger partial charge in [0.05, 0.1) is 28.7 Å². The summed E-state index contributed by atoms with van der Waals surface area (Å²) in [5.74, 6) is 4.31. The topological polar surface area (TPSA) is 102 Å². The zero-order valence-corrected chi connectivity index (χ0v) is 18.7. The van der Waals surface area contributed by atoms with E-state index in [2.05, 4.69) is 22.8 Å². The molecule has 0 aliphatic rings. The maximum Gasteiger partial charge on any atom is 0.267 e. The van der Waals surface area contributed by atoms with Crippen molar-refractivity contribution in [3.05, 3.63) is 69.3 Å². The van der Waals surface area contributed by atoms with E-state index in [0.29, 0.717) is 44.7 Å². The molecular formula is C22H23Cl2N5O2. The smallest absolute Gasteiger partial charge is 0.267 e. The summed E-state index contributed by atoms with van der Waals surface area (Å²) in [6.45, 7) is 4.47. The second-order valence-electron chi connectivity index (χ2n) is 7.04. The van der Waals surface area contributed by atoms with Crippen LogP contribution in [0, 0.1) is 6.92 Å². The Morgan fingerprint density at radius 1 is 1.13 bits per heavy atom. The van der Waals surface area contributed by atoms with Crippen LogP contribution >= 0.6 is 23.2 Å². The molecule has 0 radical (unpaired) electrons. The van der Waals surface area contributed by atoms with Gasteiger partial charge in [0.15, 0.2) is 0 Å². The summed E-state index contributed by atoms with van der Waals surface area (Å²) in [6, 6.07) is 10.4. The number of hydrogen-bond acceptors (Lipinski definition) is 4. The molecule has 31 heavy (non-hydrogen) atoms. The highest BCUT2D eigenvalue weighted by Gasteiger charge is 2.23. The van der Waals surface area contributed by atoms with E-state index < -0.39 is 11.8 Å². The van der Waals surface area contributed by atoms with E-state index in [0.717, 1.165) is 12.8 Å². The average molecular weight is 460 g/mol. The summed E-state index contributed by atoms with van der Waals surface area (Å²) in [7, 11) is 0. The Balaban J connectivity index is 2.07. The summed E-state index contributed by atoms with van der Waals surface area (Å²) < 4.78 is 1.78. The number of carbonyl (C=O) groups excluding carboxylic acids is 2. The summed E-state index contributed by atoms with van der Waals surface area (Å²) in [6.07, 6.45) is 3.39. The summed E-state index contributed by atoms with van der Waals surface area (Å²) in [5.41, 5.74) is 4.86. The molecule has 0 aliphatic heterocycles.